The van der Waals surface area contributed by atoms with Gasteiger partial charge in [-0.05, 0) is 29.6 Å². The number of anilines is 2. The highest BCUT2D eigenvalue weighted by molar-refractivity contribution is 7.08. The molecule has 6 nitrogen and oxygen atoms in total. The number of benzene rings is 1. The maximum atomic E-state index is 12.4. The Bertz CT molecular complexity index is 1130. The number of carbonyl (C=O) groups is 1. The van der Waals surface area contributed by atoms with E-state index in [9.17, 15) is 10.1 Å². The van der Waals surface area contributed by atoms with Crippen LogP contribution in [0.2, 0.25) is 0 Å². The molecule has 0 spiro atoms. The number of furan rings is 1. The minimum absolute atomic E-state index is 0.231. The number of nitriles is 1. The third kappa shape index (κ3) is 3.38. The molecule has 3 heterocycles. The highest BCUT2D eigenvalue weighted by Gasteiger charge is 2.18. The Morgan fingerprint density at radius 1 is 1.22 bits per heavy atom. The van der Waals surface area contributed by atoms with Crippen molar-refractivity contribution in [3.63, 3.8) is 0 Å². The summed E-state index contributed by atoms with van der Waals surface area (Å²) in [5.74, 6) is 0.672. The van der Waals surface area contributed by atoms with Crippen molar-refractivity contribution >= 4 is 39.7 Å². The van der Waals surface area contributed by atoms with Gasteiger partial charge in [0, 0.05) is 10.8 Å². The zero-order valence-corrected chi connectivity index (χ0v) is 14.9. The molecular formula is C20H14N4O2S. The largest absolute Gasteiger partial charge is 0.467 e. The second kappa shape index (κ2) is 7.32. The van der Waals surface area contributed by atoms with Crippen LogP contribution in [0.3, 0.4) is 0 Å². The number of fused-ring (bicyclic) bond motifs is 1. The number of para-hydroxylation sites is 1. The van der Waals surface area contributed by atoms with Crippen LogP contribution >= 0.6 is 11.3 Å². The maximum absolute atomic E-state index is 12.4. The van der Waals surface area contributed by atoms with Gasteiger partial charge in [0.1, 0.15) is 17.4 Å². The summed E-state index contributed by atoms with van der Waals surface area (Å²) in [6.07, 6.45) is 1.60. The lowest BCUT2D eigenvalue weighted by Gasteiger charge is -2.14. The minimum Gasteiger partial charge on any atom is -0.467 e. The molecule has 0 atom stereocenters. The van der Waals surface area contributed by atoms with Gasteiger partial charge >= 0.3 is 0 Å². The van der Waals surface area contributed by atoms with Gasteiger partial charge in [-0.25, -0.2) is 4.98 Å². The predicted octanol–water partition coefficient (Wildman–Crippen LogP) is 4.63. The monoisotopic (exact) mass is 374 g/mol. The van der Waals surface area contributed by atoms with Gasteiger partial charge in [-0.15, -0.1) is 0 Å². The van der Waals surface area contributed by atoms with Gasteiger partial charge in [-0.3, -0.25) is 4.79 Å². The number of nitrogens with zero attached hydrogens (tertiary/aromatic N) is 2. The Kier molecular flexibility index (Phi) is 4.56. The number of amides is 1. The van der Waals surface area contributed by atoms with Crippen LogP contribution in [-0.4, -0.2) is 10.9 Å². The van der Waals surface area contributed by atoms with E-state index in [0.29, 0.717) is 23.3 Å². The van der Waals surface area contributed by atoms with E-state index in [0.717, 1.165) is 11.1 Å². The fourth-order valence-electron chi connectivity index (χ4n) is 2.76. The van der Waals surface area contributed by atoms with Crippen LogP contribution in [-0.2, 0) is 6.54 Å². The Morgan fingerprint density at radius 2 is 2.11 bits per heavy atom. The smallest absolute Gasteiger partial charge is 0.257 e. The van der Waals surface area contributed by atoms with Crippen LogP contribution in [0.4, 0.5) is 11.5 Å². The number of hydrogen-bond donors (Lipinski definition) is 2. The van der Waals surface area contributed by atoms with E-state index in [1.54, 1.807) is 23.8 Å². The fourth-order valence-corrected chi connectivity index (χ4v) is 3.39. The molecule has 4 rings (SSSR count). The first kappa shape index (κ1) is 16.8. The van der Waals surface area contributed by atoms with Crippen LogP contribution in [0.25, 0.3) is 10.9 Å². The van der Waals surface area contributed by atoms with Crippen molar-refractivity contribution in [3.8, 4) is 6.07 Å². The van der Waals surface area contributed by atoms with E-state index in [4.69, 9.17) is 4.42 Å². The summed E-state index contributed by atoms with van der Waals surface area (Å²) in [6, 6.07) is 15.0. The molecule has 0 saturated heterocycles. The van der Waals surface area contributed by atoms with E-state index in [-0.39, 0.29) is 17.3 Å². The number of nitrogens with one attached hydrogen (secondary N) is 2. The average Bonchev–Trinajstić information content (AvgIpc) is 3.39. The van der Waals surface area contributed by atoms with Crippen LogP contribution in [0.15, 0.2) is 63.9 Å². The van der Waals surface area contributed by atoms with Crippen LogP contribution < -0.4 is 10.6 Å². The molecule has 132 valence electrons. The molecule has 0 bridgehead atoms. The van der Waals surface area contributed by atoms with Crippen molar-refractivity contribution < 1.29 is 9.21 Å². The van der Waals surface area contributed by atoms with Crippen molar-refractivity contribution in [2.45, 2.75) is 6.54 Å². The zero-order valence-electron chi connectivity index (χ0n) is 14.1. The first-order chi connectivity index (χ1) is 13.3. The van der Waals surface area contributed by atoms with Gasteiger partial charge in [0.2, 0.25) is 0 Å². The summed E-state index contributed by atoms with van der Waals surface area (Å²) in [4.78, 5) is 16.9. The van der Waals surface area contributed by atoms with Crippen molar-refractivity contribution in [2.24, 2.45) is 0 Å². The molecule has 0 fully saturated rings. The molecule has 3 aromatic heterocycles. The summed E-state index contributed by atoms with van der Waals surface area (Å²) in [5, 5.41) is 20.1. The number of pyridine rings is 1. The molecule has 2 N–H and O–H groups in total. The van der Waals surface area contributed by atoms with Crippen LogP contribution in [0.5, 0.6) is 0 Å². The van der Waals surface area contributed by atoms with E-state index < -0.39 is 0 Å². The number of carbonyl (C=O) groups excluding carboxylic acids is 1. The standard InChI is InChI=1S/C20H14N4O2S/c21-10-16-18(22-11-14-4-3-8-26-14)15-5-1-2-6-17(15)23-19(16)24-20(25)13-7-9-27-12-13/h1-9,12H,11H2,(H2,22,23,24,25). The van der Waals surface area contributed by atoms with Gasteiger partial charge in [-0.2, -0.15) is 16.6 Å². The second-order valence-corrected chi connectivity index (χ2v) is 6.52. The number of aromatic nitrogens is 1. The fraction of sp³-hybridized carbons (Fsp3) is 0.0500. The van der Waals surface area contributed by atoms with E-state index in [1.165, 1.54) is 11.3 Å². The Hall–Kier alpha value is -3.63. The molecule has 0 aliphatic carbocycles. The molecule has 1 amide bonds. The molecule has 1 aromatic carbocycles. The molecule has 0 radical (unpaired) electrons. The van der Waals surface area contributed by atoms with E-state index >= 15 is 0 Å². The lowest BCUT2D eigenvalue weighted by atomic mass is 10.1. The quantitative estimate of drug-likeness (QED) is 0.532. The van der Waals surface area contributed by atoms with Crippen molar-refractivity contribution in [2.75, 3.05) is 10.6 Å². The zero-order chi connectivity index (χ0) is 18.6. The van der Waals surface area contributed by atoms with Crippen LogP contribution in [0, 0.1) is 11.3 Å². The molecule has 27 heavy (non-hydrogen) atoms. The maximum Gasteiger partial charge on any atom is 0.257 e. The van der Waals surface area contributed by atoms with E-state index in [1.807, 2.05) is 35.7 Å². The number of rotatable bonds is 5. The van der Waals surface area contributed by atoms with Crippen molar-refractivity contribution in [1.82, 2.24) is 4.98 Å². The topological polar surface area (TPSA) is 91.0 Å². The first-order valence-corrected chi connectivity index (χ1v) is 9.13. The molecule has 4 aromatic rings. The molecule has 7 heteroatoms. The van der Waals surface area contributed by atoms with Crippen molar-refractivity contribution in [3.05, 3.63) is 76.4 Å². The molecule has 0 unspecified atom stereocenters. The lowest BCUT2D eigenvalue weighted by Crippen LogP contribution is -2.14. The summed E-state index contributed by atoms with van der Waals surface area (Å²) >= 11 is 1.43. The SMILES string of the molecule is N#Cc1c(NC(=O)c2ccsc2)nc2ccccc2c1NCc1ccco1. The lowest BCUT2D eigenvalue weighted by molar-refractivity contribution is 0.102. The number of hydrogen-bond acceptors (Lipinski definition) is 6. The van der Waals surface area contributed by atoms with Gasteiger partial charge < -0.3 is 15.1 Å². The second-order valence-electron chi connectivity index (χ2n) is 5.74. The van der Waals surface area contributed by atoms with Gasteiger partial charge in [0.25, 0.3) is 5.91 Å². The third-order valence-corrected chi connectivity index (χ3v) is 4.72. The Balaban J connectivity index is 1.77. The van der Waals surface area contributed by atoms with Gasteiger partial charge in [-0.1, -0.05) is 18.2 Å². The van der Waals surface area contributed by atoms with Gasteiger partial charge in [0.15, 0.2) is 5.82 Å². The molecular weight excluding hydrogens is 360 g/mol. The van der Waals surface area contributed by atoms with E-state index in [2.05, 4.69) is 21.7 Å². The Morgan fingerprint density at radius 3 is 2.85 bits per heavy atom. The molecule has 0 saturated carbocycles. The Labute approximate surface area is 159 Å². The van der Waals surface area contributed by atoms with Crippen molar-refractivity contribution in [1.29, 1.82) is 5.26 Å². The highest BCUT2D eigenvalue weighted by Crippen LogP contribution is 2.31. The highest BCUT2D eigenvalue weighted by atomic mass is 32.1. The molecule has 0 aliphatic heterocycles. The predicted molar refractivity (Wildman–Crippen MR) is 105 cm³/mol. The third-order valence-electron chi connectivity index (χ3n) is 4.04. The summed E-state index contributed by atoms with van der Waals surface area (Å²) in [5.41, 5.74) is 2.10. The summed E-state index contributed by atoms with van der Waals surface area (Å²) in [7, 11) is 0. The minimum atomic E-state index is -0.299. The van der Waals surface area contributed by atoms with Crippen LogP contribution in [0.1, 0.15) is 21.7 Å². The normalized spacial score (nSPS) is 10.5. The number of thiophene rings is 1. The first-order valence-electron chi connectivity index (χ1n) is 8.19. The average molecular weight is 374 g/mol. The summed E-state index contributed by atoms with van der Waals surface area (Å²) in [6.45, 7) is 0.410. The van der Waals surface area contributed by atoms with Gasteiger partial charge in [0.05, 0.1) is 29.6 Å². The molecule has 0 aliphatic rings. The summed E-state index contributed by atoms with van der Waals surface area (Å²) < 4.78 is 5.35.